The van der Waals surface area contributed by atoms with Gasteiger partial charge in [-0.1, -0.05) is 0 Å². The van der Waals surface area contributed by atoms with E-state index < -0.39 is 0 Å². The van der Waals surface area contributed by atoms with E-state index in [2.05, 4.69) is 0 Å². The molecule has 0 radical (unpaired) electrons. The number of ether oxygens (including phenoxy) is 2. The Bertz CT molecular complexity index is 105. The Kier molecular flexibility index (Phi) is 5.35. The van der Waals surface area contributed by atoms with Gasteiger partial charge in [0.25, 0.3) is 0 Å². The summed E-state index contributed by atoms with van der Waals surface area (Å²) < 4.78 is 9.48. The Hall–Kier alpha value is -0.280. The fourth-order valence-corrected chi connectivity index (χ4v) is 0.683. The van der Waals surface area contributed by atoms with Gasteiger partial charge in [-0.3, -0.25) is 4.79 Å². The molecular formula is C6H11ClO3. The van der Waals surface area contributed by atoms with Crippen molar-refractivity contribution in [2.24, 2.45) is 0 Å². The van der Waals surface area contributed by atoms with Crippen molar-refractivity contribution in [1.82, 2.24) is 0 Å². The Morgan fingerprint density at radius 3 is 2.60 bits per heavy atom. The van der Waals surface area contributed by atoms with Crippen molar-refractivity contribution in [2.75, 3.05) is 19.6 Å². The van der Waals surface area contributed by atoms with Crippen LogP contribution in [0.15, 0.2) is 0 Å². The second-order valence-electron chi connectivity index (χ2n) is 1.84. The van der Waals surface area contributed by atoms with E-state index in [4.69, 9.17) is 21.1 Å². The fraction of sp³-hybridized carbons (Fsp3) is 0.833. The molecular weight excluding hydrogens is 156 g/mol. The molecule has 0 amide bonds. The van der Waals surface area contributed by atoms with Crippen molar-refractivity contribution in [3.8, 4) is 0 Å². The Labute approximate surface area is 65.3 Å². The highest BCUT2D eigenvalue weighted by Crippen LogP contribution is 1.95. The predicted octanol–water partition coefficient (Wildman–Crippen LogP) is 0.803. The quantitative estimate of drug-likeness (QED) is 0.458. The van der Waals surface area contributed by atoms with Gasteiger partial charge in [0.1, 0.15) is 6.10 Å². The first-order valence-electron chi connectivity index (χ1n) is 2.92. The first-order chi connectivity index (χ1) is 4.70. The highest BCUT2D eigenvalue weighted by atomic mass is 35.5. The topological polar surface area (TPSA) is 35.5 Å². The van der Waals surface area contributed by atoms with E-state index in [1.165, 1.54) is 14.0 Å². The summed E-state index contributed by atoms with van der Waals surface area (Å²) in [6.45, 7) is 1.69. The molecule has 0 heterocycles. The third-order valence-electron chi connectivity index (χ3n) is 0.857. The van der Waals surface area contributed by atoms with Crippen LogP contribution in [0.3, 0.4) is 0 Å². The number of hydrogen-bond acceptors (Lipinski definition) is 3. The standard InChI is InChI=1S/C6H11ClO3/c1-5(8)10-6(3-7)4-9-2/h6H,3-4H2,1-2H3. The third-order valence-corrected chi connectivity index (χ3v) is 1.20. The zero-order valence-corrected chi connectivity index (χ0v) is 6.85. The highest BCUT2D eigenvalue weighted by Gasteiger charge is 2.08. The van der Waals surface area contributed by atoms with E-state index >= 15 is 0 Å². The number of rotatable bonds is 4. The zero-order chi connectivity index (χ0) is 7.98. The zero-order valence-electron chi connectivity index (χ0n) is 6.09. The maximum atomic E-state index is 10.4. The van der Waals surface area contributed by atoms with Crippen LogP contribution in [0.1, 0.15) is 6.92 Å². The number of carbonyl (C=O) groups excluding carboxylic acids is 1. The molecule has 60 valence electrons. The monoisotopic (exact) mass is 166 g/mol. The Morgan fingerprint density at radius 2 is 2.30 bits per heavy atom. The van der Waals surface area contributed by atoms with Gasteiger partial charge in [-0.15, -0.1) is 11.6 Å². The van der Waals surface area contributed by atoms with Crippen molar-refractivity contribution in [2.45, 2.75) is 13.0 Å². The van der Waals surface area contributed by atoms with Crippen LogP contribution in [0.5, 0.6) is 0 Å². The van der Waals surface area contributed by atoms with Gasteiger partial charge in [-0.05, 0) is 0 Å². The summed E-state index contributed by atoms with van der Waals surface area (Å²) in [6.07, 6.45) is -0.316. The molecule has 0 aromatic heterocycles. The van der Waals surface area contributed by atoms with Crippen LogP contribution in [-0.4, -0.2) is 31.7 Å². The lowest BCUT2D eigenvalue weighted by Crippen LogP contribution is -2.23. The van der Waals surface area contributed by atoms with Crippen LogP contribution in [-0.2, 0) is 14.3 Å². The summed E-state index contributed by atoms with van der Waals surface area (Å²) in [5.74, 6) is -0.0596. The van der Waals surface area contributed by atoms with Crippen molar-refractivity contribution < 1.29 is 14.3 Å². The van der Waals surface area contributed by atoms with Crippen LogP contribution in [0, 0.1) is 0 Å². The number of esters is 1. The molecule has 0 saturated carbocycles. The third kappa shape index (κ3) is 4.58. The molecule has 4 heteroatoms. The van der Waals surface area contributed by atoms with Crippen LogP contribution in [0.2, 0.25) is 0 Å². The molecule has 0 spiro atoms. The normalized spacial score (nSPS) is 12.7. The molecule has 0 aliphatic rings. The van der Waals surface area contributed by atoms with Gasteiger partial charge in [-0.25, -0.2) is 0 Å². The van der Waals surface area contributed by atoms with Gasteiger partial charge < -0.3 is 9.47 Å². The van der Waals surface area contributed by atoms with Gasteiger partial charge in [0, 0.05) is 14.0 Å². The van der Waals surface area contributed by atoms with Crippen LogP contribution >= 0.6 is 11.6 Å². The molecule has 0 aromatic carbocycles. The van der Waals surface area contributed by atoms with Gasteiger partial charge in [0.2, 0.25) is 0 Å². The van der Waals surface area contributed by atoms with E-state index in [1.54, 1.807) is 0 Å². The summed E-state index contributed by atoms with van der Waals surface area (Å²) in [4.78, 5) is 10.4. The molecule has 1 unspecified atom stereocenters. The summed E-state index contributed by atoms with van der Waals surface area (Å²) >= 11 is 5.43. The van der Waals surface area contributed by atoms with Crippen LogP contribution < -0.4 is 0 Å². The van der Waals surface area contributed by atoms with E-state index in [9.17, 15) is 4.79 Å². The maximum absolute atomic E-state index is 10.4. The molecule has 0 fully saturated rings. The van der Waals surface area contributed by atoms with Crippen molar-refractivity contribution in [3.05, 3.63) is 0 Å². The smallest absolute Gasteiger partial charge is 0.303 e. The average Bonchev–Trinajstić information content (AvgIpc) is 1.86. The average molecular weight is 167 g/mol. The number of carbonyl (C=O) groups is 1. The number of alkyl halides is 1. The molecule has 3 nitrogen and oxygen atoms in total. The number of methoxy groups -OCH3 is 1. The lowest BCUT2D eigenvalue weighted by atomic mass is 10.4. The predicted molar refractivity (Wildman–Crippen MR) is 38.1 cm³/mol. The lowest BCUT2D eigenvalue weighted by molar-refractivity contribution is -0.147. The van der Waals surface area contributed by atoms with E-state index in [0.29, 0.717) is 6.61 Å². The molecule has 0 aliphatic heterocycles. The van der Waals surface area contributed by atoms with E-state index in [-0.39, 0.29) is 18.0 Å². The fourth-order valence-electron chi connectivity index (χ4n) is 0.531. The lowest BCUT2D eigenvalue weighted by Gasteiger charge is -2.11. The summed E-state index contributed by atoms with van der Waals surface area (Å²) in [5, 5.41) is 0. The Balaban J connectivity index is 3.49. The van der Waals surface area contributed by atoms with Gasteiger partial charge in [0.15, 0.2) is 0 Å². The van der Waals surface area contributed by atoms with Crippen molar-refractivity contribution in [3.63, 3.8) is 0 Å². The molecule has 10 heavy (non-hydrogen) atoms. The minimum atomic E-state index is -0.331. The largest absolute Gasteiger partial charge is 0.459 e. The van der Waals surface area contributed by atoms with Crippen molar-refractivity contribution >= 4 is 17.6 Å². The molecule has 0 saturated heterocycles. The summed E-state index contributed by atoms with van der Waals surface area (Å²) in [5.41, 5.74) is 0. The minimum absolute atomic E-state index is 0.271. The second-order valence-corrected chi connectivity index (χ2v) is 2.15. The molecule has 0 aliphatic carbocycles. The first-order valence-corrected chi connectivity index (χ1v) is 3.46. The van der Waals surface area contributed by atoms with Gasteiger partial charge in [-0.2, -0.15) is 0 Å². The van der Waals surface area contributed by atoms with Crippen LogP contribution in [0.25, 0.3) is 0 Å². The van der Waals surface area contributed by atoms with E-state index in [0.717, 1.165) is 0 Å². The van der Waals surface area contributed by atoms with E-state index in [1.807, 2.05) is 0 Å². The summed E-state index contributed by atoms with van der Waals surface area (Å²) in [7, 11) is 1.53. The number of halogens is 1. The van der Waals surface area contributed by atoms with Gasteiger partial charge >= 0.3 is 5.97 Å². The molecule has 0 rings (SSSR count). The Morgan fingerprint density at radius 1 is 1.70 bits per heavy atom. The first kappa shape index (κ1) is 9.72. The SMILES string of the molecule is COCC(CCl)OC(C)=O. The molecule has 1 atom stereocenters. The highest BCUT2D eigenvalue weighted by molar-refractivity contribution is 6.18. The second kappa shape index (κ2) is 5.50. The minimum Gasteiger partial charge on any atom is -0.459 e. The molecule has 0 bridgehead atoms. The molecule has 0 aromatic rings. The van der Waals surface area contributed by atoms with Crippen molar-refractivity contribution in [1.29, 1.82) is 0 Å². The van der Waals surface area contributed by atoms with Gasteiger partial charge in [0.05, 0.1) is 12.5 Å². The molecule has 0 N–H and O–H groups in total. The maximum Gasteiger partial charge on any atom is 0.303 e. The summed E-state index contributed by atoms with van der Waals surface area (Å²) in [6, 6.07) is 0. The van der Waals surface area contributed by atoms with Crippen LogP contribution in [0.4, 0.5) is 0 Å². The number of hydrogen-bond donors (Lipinski definition) is 0.